The van der Waals surface area contributed by atoms with Crippen molar-refractivity contribution in [2.75, 3.05) is 5.75 Å². The highest BCUT2D eigenvalue weighted by Gasteiger charge is 2.46. The Morgan fingerprint density at radius 1 is 1.19 bits per heavy atom. The lowest BCUT2D eigenvalue weighted by atomic mass is 10.1. The van der Waals surface area contributed by atoms with E-state index in [4.69, 9.17) is 4.84 Å². The van der Waals surface area contributed by atoms with Gasteiger partial charge in [0.25, 0.3) is 11.8 Å². The lowest BCUT2D eigenvalue weighted by Gasteiger charge is -2.27. The minimum absolute atomic E-state index is 0.191. The first-order chi connectivity index (χ1) is 12.8. The van der Waals surface area contributed by atoms with Crippen molar-refractivity contribution in [1.82, 2.24) is 5.06 Å². The number of unbranched alkanes of at least 4 members (excludes halogenated alkanes) is 5. The summed E-state index contributed by atoms with van der Waals surface area (Å²) in [6.07, 6.45) is 6.55. The van der Waals surface area contributed by atoms with Gasteiger partial charge in [-0.2, -0.15) is 0 Å². The summed E-state index contributed by atoms with van der Waals surface area (Å²) < 4.78 is 0.473. The van der Waals surface area contributed by atoms with Crippen LogP contribution in [0.2, 0.25) is 0 Å². The summed E-state index contributed by atoms with van der Waals surface area (Å²) >= 11 is 4.34. The van der Waals surface area contributed by atoms with Gasteiger partial charge >= 0.3 is 5.97 Å². The molecule has 1 unspecified atom stereocenters. The Morgan fingerprint density at radius 2 is 1.85 bits per heavy atom. The second kappa shape index (κ2) is 9.71. The fraction of sp³-hybridized carbons (Fsp3) is 0.526. The number of aliphatic carboxylic acids is 1. The summed E-state index contributed by atoms with van der Waals surface area (Å²) in [4.78, 5) is 40.5. The summed E-state index contributed by atoms with van der Waals surface area (Å²) in [5, 5.41) is 10.2. The number of carbonyl (C=O) groups excluding carboxylic acids is 2. The molecule has 148 valence electrons. The molecule has 0 saturated heterocycles. The first-order valence-electron chi connectivity index (χ1n) is 9.05. The molecule has 0 spiro atoms. The monoisotopic (exact) mass is 457 g/mol. The molecule has 1 heterocycles. The predicted molar refractivity (Wildman–Crippen MR) is 108 cm³/mol. The highest BCUT2D eigenvalue weighted by molar-refractivity contribution is 9.10. The van der Waals surface area contributed by atoms with Crippen molar-refractivity contribution < 1.29 is 24.3 Å². The second-order valence-corrected chi connectivity index (χ2v) is 8.86. The number of nitrogens with zero attached hydrogens (tertiary/aromatic N) is 1. The molecular formula is C19H24BrNO5S. The number of hydroxylamine groups is 2. The van der Waals surface area contributed by atoms with Crippen molar-refractivity contribution in [2.24, 2.45) is 0 Å². The van der Waals surface area contributed by atoms with Crippen LogP contribution in [0.15, 0.2) is 22.7 Å². The molecule has 0 bridgehead atoms. The first kappa shape index (κ1) is 21.9. The van der Waals surface area contributed by atoms with Crippen LogP contribution < -0.4 is 0 Å². The van der Waals surface area contributed by atoms with Crippen molar-refractivity contribution in [3.8, 4) is 0 Å². The molecule has 27 heavy (non-hydrogen) atoms. The summed E-state index contributed by atoms with van der Waals surface area (Å²) in [6, 6.07) is 4.81. The van der Waals surface area contributed by atoms with Gasteiger partial charge in [0.1, 0.15) is 0 Å². The Morgan fingerprint density at radius 3 is 2.48 bits per heavy atom. The van der Waals surface area contributed by atoms with Crippen LogP contribution in [-0.2, 0) is 9.63 Å². The number of benzene rings is 1. The van der Waals surface area contributed by atoms with E-state index in [9.17, 15) is 19.5 Å². The molecule has 1 atom stereocenters. The van der Waals surface area contributed by atoms with E-state index in [-0.39, 0.29) is 11.1 Å². The number of carboxylic acids is 1. The SMILES string of the molecule is CCCCCCCCSC(C)(ON1C(=O)c2cccc(Br)c2C1=O)C(=O)O. The van der Waals surface area contributed by atoms with Crippen molar-refractivity contribution in [1.29, 1.82) is 0 Å². The number of halogens is 1. The van der Waals surface area contributed by atoms with Gasteiger partial charge in [-0.25, -0.2) is 9.63 Å². The highest BCUT2D eigenvalue weighted by atomic mass is 79.9. The van der Waals surface area contributed by atoms with Gasteiger partial charge < -0.3 is 5.11 Å². The van der Waals surface area contributed by atoms with Crippen LogP contribution in [0.5, 0.6) is 0 Å². The zero-order valence-electron chi connectivity index (χ0n) is 15.5. The number of thioether (sulfide) groups is 1. The highest BCUT2D eigenvalue weighted by Crippen LogP contribution is 2.35. The van der Waals surface area contributed by atoms with Gasteiger partial charge in [0, 0.05) is 4.47 Å². The maximum Gasteiger partial charge on any atom is 0.349 e. The zero-order valence-corrected chi connectivity index (χ0v) is 17.9. The number of carboxylic acid groups (broad SMARTS) is 1. The van der Waals surface area contributed by atoms with Gasteiger partial charge in [-0.05, 0) is 47.2 Å². The molecule has 0 saturated carbocycles. The van der Waals surface area contributed by atoms with Crippen LogP contribution in [0.25, 0.3) is 0 Å². The van der Waals surface area contributed by atoms with Gasteiger partial charge in [0.15, 0.2) is 0 Å². The van der Waals surface area contributed by atoms with Gasteiger partial charge in [0.2, 0.25) is 4.93 Å². The molecule has 1 aromatic rings. The molecule has 1 aliphatic heterocycles. The molecule has 2 amide bonds. The molecule has 0 aromatic heterocycles. The number of hydrogen-bond donors (Lipinski definition) is 1. The third-order valence-electron chi connectivity index (χ3n) is 4.36. The van der Waals surface area contributed by atoms with Gasteiger partial charge in [-0.1, -0.05) is 45.1 Å². The molecule has 1 N–H and O–H groups in total. The maximum absolute atomic E-state index is 12.6. The van der Waals surface area contributed by atoms with E-state index in [1.165, 1.54) is 32.3 Å². The van der Waals surface area contributed by atoms with Crippen molar-refractivity contribution in [2.45, 2.75) is 57.3 Å². The Hall–Kier alpha value is -1.38. The average molecular weight is 458 g/mol. The van der Waals surface area contributed by atoms with Crippen LogP contribution in [0.4, 0.5) is 0 Å². The van der Waals surface area contributed by atoms with E-state index in [2.05, 4.69) is 22.9 Å². The number of amides is 2. The van der Waals surface area contributed by atoms with E-state index in [1.54, 1.807) is 12.1 Å². The Bertz CT molecular complexity index is 726. The lowest BCUT2D eigenvalue weighted by molar-refractivity contribution is -0.179. The van der Waals surface area contributed by atoms with Gasteiger partial charge in [-0.15, -0.1) is 16.8 Å². The fourth-order valence-electron chi connectivity index (χ4n) is 2.76. The van der Waals surface area contributed by atoms with Crippen molar-refractivity contribution in [3.63, 3.8) is 0 Å². The molecule has 2 rings (SSSR count). The second-order valence-electron chi connectivity index (χ2n) is 6.53. The third-order valence-corrected chi connectivity index (χ3v) is 6.31. The molecule has 0 fully saturated rings. The summed E-state index contributed by atoms with van der Waals surface area (Å²) in [5.41, 5.74) is 0.388. The molecule has 8 heteroatoms. The van der Waals surface area contributed by atoms with Gasteiger partial charge in [-0.3, -0.25) is 9.59 Å². The summed E-state index contributed by atoms with van der Waals surface area (Å²) in [5.74, 6) is -1.96. The number of fused-ring (bicyclic) bond motifs is 1. The van der Waals surface area contributed by atoms with Gasteiger partial charge in [0.05, 0.1) is 11.1 Å². The Labute approximate surface area is 171 Å². The average Bonchev–Trinajstić information content (AvgIpc) is 2.86. The Balaban J connectivity index is 1.99. The minimum atomic E-state index is -1.72. The summed E-state index contributed by atoms with van der Waals surface area (Å²) in [7, 11) is 0. The van der Waals surface area contributed by atoms with Crippen LogP contribution in [0, 0.1) is 0 Å². The molecular weight excluding hydrogens is 434 g/mol. The summed E-state index contributed by atoms with van der Waals surface area (Å²) in [6.45, 7) is 3.53. The van der Waals surface area contributed by atoms with Crippen LogP contribution in [0.1, 0.15) is 73.1 Å². The number of hydrogen-bond acceptors (Lipinski definition) is 5. The largest absolute Gasteiger partial charge is 0.478 e. The normalized spacial score (nSPS) is 15.7. The Kier molecular flexibility index (Phi) is 7.88. The lowest BCUT2D eigenvalue weighted by Crippen LogP contribution is -2.44. The van der Waals surface area contributed by atoms with E-state index >= 15 is 0 Å². The number of carbonyl (C=O) groups is 3. The van der Waals surface area contributed by atoms with E-state index in [1.807, 2.05) is 0 Å². The van der Waals surface area contributed by atoms with E-state index in [0.717, 1.165) is 31.0 Å². The first-order valence-corrected chi connectivity index (χ1v) is 10.8. The van der Waals surface area contributed by atoms with Crippen LogP contribution in [0.3, 0.4) is 0 Å². The quantitative estimate of drug-likeness (QED) is 0.289. The minimum Gasteiger partial charge on any atom is -0.478 e. The predicted octanol–water partition coefficient (Wildman–Crippen LogP) is 4.87. The van der Waals surface area contributed by atoms with Crippen molar-refractivity contribution in [3.05, 3.63) is 33.8 Å². The number of rotatable bonds is 11. The smallest absolute Gasteiger partial charge is 0.349 e. The molecule has 0 aliphatic carbocycles. The maximum atomic E-state index is 12.6. The molecule has 0 radical (unpaired) electrons. The molecule has 1 aromatic carbocycles. The van der Waals surface area contributed by atoms with E-state index < -0.39 is 22.7 Å². The van der Waals surface area contributed by atoms with E-state index in [0.29, 0.717) is 15.3 Å². The van der Waals surface area contributed by atoms with Crippen molar-refractivity contribution >= 4 is 45.5 Å². The number of imide groups is 1. The zero-order chi connectivity index (χ0) is 20.0. The molecule has 6 nitrogen and oxygen atoms in total. The third kappa shape index (κ3) is 5.12. The topological polar surface area (TPSA) is 83.9 Å². The standard InChI is InChI=1S/C19H24BrNO5S/c1-3-4-5-6-7-8-12-27-19(2,18(24)25)26-21-16(22)13-10-9-11-14(20)15(13)17(21)23/h9-11H,3-8,12H2,1-2H3,(H,24,25). The fourth-order valence-corrected chi connectivity index (χ4v) is 4.28. The molecule has 1 aliphatic rings. The van der Waals surface area contributed by atoms with Crippen LogP contribution in [-0.4, -0.2) is 38.6 Å². The van der Waals surface area contributed by atoms with Crippen LogP contribution >= 0.6 is 27.7 Å².